The number of methoxy groups -OCH3 is 2. The third-order valence-electron chi connectivity index (χ3n) is 6.39. The molecule has 1 N–H and O–H groups in total. The lowest BCUT2D eigenvalue weighted by atomic mass is 10.0. The van der Waals surface area contributed by atoms with Gasteiger partial charge in [-0.05, 0) is 39.0 Å². The van der Waals surface area contributed by atoms with Crippen molar-refractivity contribution in [3.05, 3.63) is 52.8 Å². The van der Waals surface area contributed by atoms with E-state index in [1.807, 2.05) is 13.8 Å². The average Bonchev–Trinajstić information content (AvgIpc) is 3.32. The molecule has 1 aliphatic heterocycles. The van der Waals surface area contributed by atoms with E-state index in [0.717, 1.165) is 6.07 Å². The summed E-state index contributed by atoms with van der Waals surface area (Å²) in [5.74, 6) is -3.34. The minimum Gasteiger partial charge on any atom is -0.493 e. The molecule has 10 heteroatoms. The average molecular weight is 525 g/mol. The van der Waals surface area contributed by atoms with Gasteiger partial charge in [0.2, 0.25) is 5.82 Å². The summed E-state index contributed by atoms with van der Waals surface area (Å²) in [5, 5.41) is 3.16. The summed E-state index contributed by atoms with van der Waals surface area (Å²) in [5.41, 5.74) is 0.0254. The quantitative estimate of drug-likeness (QED) is 0.329. The number of rotatable bonds is 12. The SMILES string of the molecule is COCCCOc1cc(C(=O)N(C[C@@H]2CNC[C@H]2Oc2cc(F)c(C)c(F)c2F)C(C)C)ccc1OC. The number of carbonyl (C=O) groups excluding carboxylic acids is 1. The summed E-state index contributed by atoms with van der Waals surface area (Å²) in [6.07, 6.45) is 0.0992. The molecule has 37 heavy (non-hydrogen) atoms. The van der Waals surface area contributed by atoms with Crippen LogP contribution in [0.5, 0.6) is 17.2 Å². The summed E-state index contributed by atoms with van der Waals surface area (Å²) in [7, 11) is 3.14. The van der Waals surface area contributed by atoms with Crippen molar-refractivity contribution >= 4 is 5.91 Å². The van der Waals surface area contributed by atoms with Crippen LogP contribution in [0.1, 0.15) is 36.2 Å². The second-order valence-corrected chi connectivity index (χ2v) is 9.30. The molecule has 1 heterocycles. The van der Waals surface area contributed by atoms with Gasteiger partial charge in [0, 0.05) is 68.9 Å². The van der Waals surface area contributed by atoms with E-state index in [1.165, 1.54) is 14.0 Å². The van der Waals surface area contributed by atoms with Crippen molar-refractivity contribution < 1.29 is 36.9 Å². The van der Waals surface area contributed by atoms with Gasteiger partial charge in [-0.1, -0.05) is 0 Å². The number of nitrogens with zero attached hydrogens (tertiary/aromatic N) is 1. The lowest BCUT2D eigenvalue weighted by molar-refractivity contribution is 0.0616. The van der Waals surface area contributed by atoms with Crippen molar-refractivity contribution in [3.8, 4) is 17.2 Å². The largest absolute Gasteiger partial charge is 0.493 e. The first-order valence-corrected chi connectivity index (χ1v) is 12.3. The van der Waals surface area contributed by atoms with Gasteiger partial charge in [-0.3, -0.25) is 4.79 Å². The van der Waals surface area contributed by atoms with Crippen LogP contribution < -0.4 is 19.5 Å². The fourth-order valence-electron chi connectivity index (χ4n) is 4.20. The van der Waals surface area contributed by atoms with Crippen LogP contribution >= 0.6 is 0 Å². The highest BCUT2D eigenvalue weighted by Gasteiger charge is 2.34. The van der Waals surface area contributed by atoms with Gasteiger partial charge in [0.05, 0.1) is 13.7 Å². The van der Waals surface area contributed by atoms with Crippen LogP contribution in [-0.2, 0) is 4.74 Å². The van der Waals surface area contributed by atoms with Crippen LogP contribution in [0.25, 0.3) is 0 Å². The molecule has 1 fully saturated rings. The smallest absolute Gasteiger partial charge is 0.254 e. The molecule has 0 radical (unpaired) electrons. The van der Waals surface area contributed by atoms with Gasteiger partial charge in [-0.15, -0.1) is 0 Å². The van der Waals surface area contributed by atoms with Gasteiger partial charge in [-0.2, -0.15) is 4.39 Å². The monoisotopic (exact) mass is 524 g/mol. The molecular formula is C27H35F3N2O5. The van der Waals surface area contributed by atoms with E-state index in [1.54, 1.807) is 30.2 Å². The standard InChI is InChI=1S/C27H35F3N2O5/c1-16(2)32(27(33)18-7-8-21(35-5)22(11-18)36-10-6-9-34-4)15-19-13-31-14-24(19)37-23-12-20(28)17(3)25(29)26(23)30/h7-8,11-12,16,19,24,31H,6,9-10,13-15H2,1-5H3/t19-,24+/m0/s1. The third-order valence-corrected chi connectivity index (χ3v) is 6.39. The summed E-state index contributed by atoms with van der Waals surface area (Å²) in [4.78, 5) is 15.2. The summed E-state index contributed by atoms with van der Waals surface area (Å²) < 4.78 is 64.4. The third kappa shape index (κ3) is 6.87. The minimum absolute atomic E-state index is 0.159. The molecule has 0 aliphatic carbocycles. The molecule has 0 saturated carbocycles. The van der Waals surface area contributed by atoms with Crippen molar-refractivity contribution in [2.75, 3.05) is 47.1 Å². The number of ether oxygens (including phenoxy) is 4. The molecule has 1 aliphatic rings. The van der Waals surface area contributed by atoms with Crippen LogP contribution in [-0.4, -0.2) is 70.0 Å². The van der Waals surface area contributed by atoms with Gasteiger partial charge < -0.3 is 29.2 Å². The van der Waals surface area contributed by atoms with Crippen LogP contribution in [0.15, 0.2) is 24.3 Å². The normalized spacial score (nSPS) is 17.2. The Kier molecular flexibility index (Phi) is 10.0. The summed E-state index contributed by atoms with van der Waals surface area (Å²) in [6.45, 7) is 7.05. The highest BCUT2D eigenvalue weighted by Crippen LogP contribution is 2.31. The number of hydrogen-bond acceptors (Lipinski definition) is 6. The topological polar surface area (TPSA) is 69.3 Å². The van der Waals surface area contributed by atoms with Gasteiger partial charge in [0.1, 0.15) is 11.9 Å². The highest BCUT2D eigenvalue weighted by molar-refractivity contribution is 5.95. The molecule has 0 bridgehead atoms. The number of nitrogens with one attached hydrogen (secondary N) is 1. The lowest BCUT2D eigenvalue weighted by Crippen LogP contribution is -2.44. The highest BCUT2D eigenvalue weighted by atomic mass is 19.2. The first-order chi connectivity index (χ1) is 17.7. The molecule has 1 amide bonds. The van der Waals surface area contributed by atoms with E-state index in [2.05, 4.69) is 5.32 Å². The van der Waals surface area contributed by atoms with Crippen molar-refractivity contribution in [1.82, 2.24) is 10.2 Å². The molecule has 0 spiro atoms. The van der Waals surface area contributed by atoms with Crippen LogP contribution in [0.2, 0.25) is 0 Å². The Bertz CT molecular complexity index is 1080. The van der Waals surface area contributed by atoms with Gasteiger partial charge in [-0.25, -0.2) is 8.78 Å². The molecule has 0 unspecified atom stereocenters. The van der Waals surface area contributed by atoms with Crippen molar-refractivity contribution in [1.29, 1.82) is 0 Å². The zero-order valence-electron chi connectivity index (χ0n) is 21.9. The lowest BCUT2D eigenvalue weighted by Gasteiger charge is -2.32. The Balaban J connectivity index is 1.76. The Morgan fingerprint density at radius 2 is 1.81 bits per heavy atom. The van der Waals surface area contributed by atoms with E-state index in [9.17, 15) is 18.0 Å². The van der Waals surface area contributed by atoms with E-state index >= 15 is 0 Å². The van der Waals surface area contributed by atoms with E-state index in [0.29, 0.717) is 56.3 Å². The molecule has 2 aromatic rings. The van der Waals surface area contributed by atoms with Crippen molar-refractivity contribution in [2.45, 2.75) is 39.3 Å². The number of halogens is 3. The molecule has 3 rings (SSSR count). The van der Waals surface area contributed by atoms with Crippen molar-refractivity contribution in [3.63, 3.8) is 0 Å². The Morgan fingerprint density at radius 1 is 1.05 bits per heavy atom. The van der Waals surface area contributed by atoms with Gasteiger partial charge in [0.25, 0.3) is 5.91 Å². The Hall–Kier alpha value is -2.98. The number of benzene rings is 2. The Morgan fingerprint density at radius 3 is 2.49 bits per heavy atom. The maximum atomic E-state index is 14.4. The zero-order valence-corrected chi connectivity index (χ0v) is 21.9. The first kappa shape index (κ1) is 28.6. The predicted molar refractivity (Wildman–Crippen MR) is 133 cm³/mol. The zero-order chi connectivity index (χ0) is 27.1. The van der Waals surface area contributed by atoms with E-state index in [4.69, 9.17) is 18.9 Å². The second kappa shape index (κ2) is 13.0. The fraction of sp³-hybridized carbons (Fsp3) is 0.519. The number of carbonyl (C=O) groups is 1. The predicted octanol–water partition coefficient (Wildman–Crippen LogP) is 4.35. The van der Waals surface area contributed by atoms with Gasteiger partial charge in [0.15, 0.2) is 23.1 Å². The molecule has 7 nitrogen and oxygen atoms in total. The van der Waals surface area contributed by atoms with Gasteiger partial charge >= 0.3 is 0 Å². The maximum absolute atomic E-state index is 14.4. The molecule has 1 saturated heterocycles. The molecule has 204 valence electrons. The fourth-order valence-corrected chi connectivity index (χ4v) is 4.20. The van der Waals surface area contributed by atoms with Crippen LogP contribution in [0.4, 0.5) is 13.2 Å². The van der Waals surface area contributed by atoms with Crippen LogP contribution in [0, 0.1) is 30.3 Å². The maximum Gasteiger partial charge on any atom is 0.254 e. The number of hydrogen-bond donors (Lipinski definition) is 1. The van der Waals surface area contributed by atoms with Crippen molar-refractivity contribution in [2.24, 2.45) is 5.92 Å². The molecule has 2 atom stereocenters. The minimum atomic E-state index is -1.27. The number of amides is 1. The molecule has 2 aromatic carbocycles. The van der Waals surface area contributed by atoms with E-state index in [-0.39, 0.29) is 17.9 Å². The van der Waals surface area contributed by atoms with Crippen LogP contribution in [0.3, 0.4) is 0 Å². The first-order valence-electron chi connectivity index (χ1n) is 12.3. The van der Waals surface area contributed by atoms with E-state index < -0.39 is 34.9 Å². The summed E-state index contributed by atoms with van der Waals surface area (Å²) in [6, 6.07) is 5.71. The second-order valence-electron chi connectivity index (χ2n) is 9.30. The Labute approximate surface area is 215 Å². The summed E-state index contributed by atoms with van der Waals surface area (Å²) >= 11 is 0. The molecular weight excluding hydrogens is 489 g/mol. The molecule has 0 aromatic heterocycles.